The molecule has 0 spiro atoms. The number of halogens is 1. The number of rotatable bonds is 6. The maximum atomic E-state index is 13.3. The summed E-state index contributed by atoms with van der Waals surface area (Å²) in [6.07, 6.45) is 2.57. The summed E-state index contributed by atoms with van der Waals surface area (Å²) >= 11 is 1.18. The fourth-order valence-electron chi connectivity index (χ4n) is 2.04. The third-order valence-corrected chi connectivity index (χ3v) is 6.01. The number of thiazole rings is 1. The Morgan fingerprint density at radius 3 is 2.92 bits per heavy atom. The highest BCUT2D eigenvalue weighted by molar-refractivity contribution is 7.92. The van der Waals surface area contributed by atoms with Gasteiger partial charge in [0, 0.05) is 23.4 Å². The van der Waals surface area contributed by atoms with Crippen LogP contribution in [0.5, 0.6) is 0 Å². The molecule has 0 radical (unpaired) electrons. The fourth-order valence-corrected chi connectivity index (χ4v) is 4.28. The van der Waals surface area contributed by atoms with Crippen molar-refractivity contribution < 1.29 is 13.4 Å². The van der Waals surface area contributed by atoms with Gasteiger partial charge in [-0.25, -0.2) is 13.6 Å². The molecule has 132 valence electrons. The molecule has 2 rings (SSSR count). The molecule has 0 saturated carbocycles. The van der Waals surface area contributed by atoms with E-state index in [9.17, 15) is 13.4 Å². The molecule has 0 bridgehead atoms. The zero-order valence-electron chi connectivity index (χ0n) is 13.6. The molecule has 0 saturated heterocycles. The van der Waals surface area contributed by atoms with Crippen LogP contribution in [0.25, 0.3) is 10.6 Å². The number of nitriles is 1. The standard InChI is InChI=1S/C15H16FN5O2S2/c1-9(8-25(18,23)4-3-17)13(22)21-14-10(2)20-15(24-14)11-5-12(16)7-19-6-11/h5-7,9,18H,4,8H2,1-2H3,(H,21,22). The van der Waals surface area contributed by atoms with E-state index in [1.54, 1.807) is 19.9 Å². The van der Waals surface area contributed by atoms with Crippen molar-refractivity contribution in [1.29, 1.82) is 10.0 Å². The van der Waals surface area contributed by atoms with E-state index in [1.165, 1.54) is 23.6 Å². The Labute approximate surface area is 148 Å². The van der Waals surface area contributed by atoms with E-state index in [0.717, 1.165) is 6.20 Å². The number of carbonyl (C=O) groups excluding carboxylic acids is 1. The van der Waals surface area contributed by atoms with Gasteiger partial charge >= 0.3 is 0 Å². The van der Waals surface area contributed by atoms with Crippen molar-refractivity contribution in [2.24, 2.45) is 5.92 Å². The molecule has 25 heavy (non-hydrogen) atoms. The number of hydrogen-bond donors (Lipinski definition) is 2. The Kier molecular flexibility index (Phi) is 5.81. The summed E-state index contributed by atoms with van der Waals surface area (Å²) in [4.78, 5) is 20.3. The zero-order chi connectivity index (χ0) is 18.6. The number of hydrogen-bond acceptors (Lipinski definition) is 7. The molecule has 7 nitrogen and oxygen atoms in total. The predicted molar refractivity (Wildman–Crippen MR) is 94.0 cm³/mol. The lowest BCUT2D eigenvalue weighted by atomic mass is 10.2. The molecule has 0 aromatic carbocycles. The number of nitrogens with one attached hydrogen (secondary N) is 2. The number of anilines is 1. The summed E-state index contributed by atoms with van der Waals surface area (Å²) < 4.78 is 32.7. The van der Waals surface area contributed by atoms with Crippen LogP contribution in [0, 0.1) is 34.8 Å². The average molecular weight is 381 g/mol. The van der Waals surface area contributed by atoms with Crippen molar-refractivity contribution in [2.45, 2.75) is 13.8 Å². The lowest BCUT2D eigenvalue weighted by Gasteiger charge is -2.12. The Bertz CT molecular complexity index is 934. The zero-order valence-corrected chi connectivity index (χ0v) is 15.2. The van der Waals surface area contributed by atoms with Crippen LogP contribution >= 0.6 is 11.3 Å². The minimum atomic E-state index is -3.10. The molecule has 1 amide bonds. The highest BCUT2D eigenvalue weighted by Crippen LogP contribution is 2.32. The van der Waals surface area contributed by atoms with Crippen molar-refractivity contribution in [3.63, 3.8) is 0 Å². The molecule has 0 fully saturated rings. The second-order valence-electron chi connectivity index (χ2n) is 5.50. The van der Waals surface area contributed by atoms with Crippen LogP contribution in [0.4, 0.5) is 9.39 Å². The van der Waals surface area contributed by atoms with Crippen molar-refractivity contribution in [3.8, 4) is 16.6 Å². The predicted octanol–water partition coefficient (Wildman–Crippen LogP) is 2.80. The van der Waals surface area contributed by atoms with Gasteiger partial charge in [-0.1, -0.05) is 18.3 Å². The van der Waals surface area contributed by atoms with E-state index >= 15 is 0 Å². The molecule has 2 aromatic rings. The van der Waals surface area contributed by atoms with E-state index in [0.29, 0.717) is 21.3 Å². The molecule has 0 aliphatic heterocycles. The number of amides is 1. The Morgan fingerprint density at radius 2 is 2.28 bits per heavy atom. The molecule has 2 N–H and O–H groups in total. The van der Waals surface area contributed by atoms with Crippen molar-refractivity contribution in [1.82, 2.24) is 9.97 Å². The molecule has 10 heteroatoms. The van der Waals surface area contributed by atoms with E-state index in [2.05, 4.69) is 15.3 Å². The average Bonchev–Trinajstić information content (AvgIpc) is 2.87. The number of nitrogens with zero attached hydrogens (tertiary/aromatic N) is 3. The van der Waals surface area contributed by atoms with Crippen LogP contribution in [-0.2, 0) is 14.5 Å². The molecule has 0 aliphatic carbocycles. The van der Waals surface area contributed by atoms with E-state index in [4.69, 9.17) is 10.0 Å². The maximum Gasteiger partial charge on any atom is 0.228 e. The van der Waals surface area contributed by atoms with E-state index in [-0.39, 0.29) is 5.75 Å². The minimum Gasteiger partial charge on any atom is -0.316 e. The van der Waals surface area contributed by atoms with Crippen LogP contribution in [0.2, 0.25) is 0 Å². The number of aromatic nitrogens is 2. The minimum absolute atomic E-state index is 0.190. The topological polar surface area (TPSA) is 120 Å². The Hall–Kier alpha value is -2.38. The van der Waals surface area contributed by atoms with Crippen LogP contribution in [0.1, 0.15) is 12.6 Å². The normalized spacial score (nSPS) is 14.3. The van der Waals surface area contributed by atoms with E-state index in [1.807, 2.05) is 0 Å². The summed E-state index contributed by atoms with van der Waals surface area (Å²) in [5.41, 5.74) is 1.07. The lowest BCUT2D eigenvalue weighted by Crippen LogP contribution is -2.27. The van der Waals surface area contributed by atoms with Crippen molar-refractivity contribution in [2.75, 3.05) is 16.8 Å². The van der Waals surface area contributed by atoms with Gasteiger partial charge in [0.15, 0.2) is 0 Å². The van der Waals surface area contributed by atoms with Gasteiger partial charge in [-0.05, 0) is 13.0 Å². The van der Waals surface area contributed by atoms with Gasteiger partial charge in [0.2, 0.25) is 5.91 Å². The SMILES string of the molecule is Cc1nc(-c2cncc(F)c2)sc1NC(=O)C(C)CS(=N)(=O)CC#N. The van der Waals surface area contributed by atoms with Gasteiger partial charge in [-0.3, -0.25) is 14.6 Å². The van der Waals surface area contributed by atoms with E-state index < -0.39 is 33.1 Å². The fraction of sp³-hybridized carbons (Fsp3) is 0.333. The quantitative estimate of drug-likeness (QED) is 0.797. The summed E-state index contributed by atoms with van der Waals surface area (Å²) in [6, 6.07) is 3.00. The van der Waals surface area contributed by atoms with Gasteiger partial charge in [0.25, 0.3) is 0 Å². The third-order valence-electron chi connectivity index (χ3n) is 3.25. The first-order valence-corrected chi connectivity index (χ1v) is 9.93. The molecule has 2 heterocycles. The Morgan fingerprint density at radius 1 is 1.56 bits per heavy atom. The van der Waals surface area contributed by atoms with Gasteiger partial charge in [0.05, 0.1) is 27.7 Å². The van der Waals surface area contributed by atoms with Gasteiger partial charge in [0.1, 0.15) is 21.6 Å². The van der Waals surface area contributed by atoms with Crippen LogP contribution in [-0.4, -0.2) is 31.6 Å². The van der Waals surface area contributed by atoms with Gasteiger partial charge < -0.3 is 5.32 Å². The summed E-state index contributed by atoms with van der Waals surface area (Å²) in [6.45, 7) is 3.25. The van der Waals surface area contributed by atoms with Gasteiger partial charge in [-0.2, -0.15) is 5.26 Å². The second kappa shape index (κ2) is 7.67. The molecule has 2 atom stereocenters. The highest BCUT2D eigenvalue weighted by Gasteiger charge is 2.21. The first-order valence-electron chi connectivity index (χ1n) is 7.22. The third kappa shape index (κ3) is 5.04. The maximum absolute atomic E-state index is 13.3. The van der Waals surface area contributed by atoms with Crippen LogP contribution in [0.15, 0.2) is 18.5 Å². The largest absolute Gasteiger partial charge is 0.316 e. The molecule has 0 aliphatic rings. The molecule has 2 unspecified atom stereocenters. The summed E-state index contributed by atoms with van der Waals surface area (Å²) in [5, 5.41) is 12.3. The molecular formula is C15H16FN5O2S2. The first-order chi connectivity index (χ1) is 11.7. The number of carbonyl (C=O) groups is 1. The van der Waals surface area contributed by atoms with Crippen molar-refractivity contribution >= 4 is 32.0 Å². The molecular weight excluding hydrogens is 365 g/mol. The first kappa shape index (κ1) is 19.0. The number of aryl methyl sites for hydroxylation is 1. The molecule has 2 aromatic heterocycles. The smallest absolute Gasteiger partial charge is 0.228 e. The van der Waals surface area contributed by atoms with Gasteiger partial charge in [-0.15, -0.1) is 0 Å². The summed E-state index contributed by atoms with van der Waals surface area (Å²) in [5.74, 6) is -2.17. The highest BCUT2D eigenvalue weighted by atomic mass is 32.2. The lowest BCUT2D eigenvalue weighted by molar-refractivity contribution is -0.118. The summed E-state index contributed by atoms with van der Waals surface area (Å²) in [7, 11) is -3.10. The second-order valence-corrected chi connectivity index (χ2v) is 8.74. The van der Waals surface area contributed by atoms with Crippen LogP contribution in [0.3, 0.4) is 0 Å². The number of pyridine rings is 1. The monoisotopic (exact) mass is 381 g/mol. The van der Waals surface area contributed by atoms with Crippen molar-refractivity contribution in [3.05, 3.63) is 30.0 Å². The van der Waals surface area contributed by atoms with Crippen LogP contribution < -0.4 is 5.32 Å². The Balaban J connectivity index is 2.13.